The van der Waals surface area contributed by atoms with E-state index in [9.17, 15) is 0 Å². The molecule has 0 spiro atoms. The molecule has 1 aromatic rings. The van der Waals surface area contributed by atoms with Gasteiger partial charge in [0.05, 0.1) is 13.2 Å². The van der Waals surface area contributed by atoms with Gasteiger partial charge in [-0.25, -0.2) is 0 Å². The van der Waals surface area contributed by atoms with E-state index in [0.29, 0.717) is 17.9 Å². The normalized spacial score (nSPS) is 26.4. The maximum Gasteiger partial charge on any atom is 0.188 e. The SMILES string of the molecule is COc1ccc(C2C(CN=C(N)NCC3CCCO3)CCCN2C)cc1.I. The van der Waals surface area contributed by atoms with Crippen LogP contribution < -0.4 is 15.8 Å². The van der Waals surface area contributed by atoms with Crippen molar-refractivity contribution in [2.75, 3.05) is 40.4 Å². The van der Waals surface area contributed by atoms with Crippen molar-refractivity contribution >= 4 is 29.9 Å². The molecule has 0 saturated carbocycles. The minimum absolute atomic E-state index is 0. The average Bonchev–Trinajstić information content (AvgIpc) is 3.18. The fourth-order valence-electron chi connectivity index (χ4n) is 4.07. The Morgan fingerprint density at radius 3 is 2.74 bits per heavy atom. The van der Waals surface area contributed by atoms with Gasteiger partial charge in [0.25, 0.3) is 0 Å². The molecule has 3 N–H and O–H groups in total. The van der Waals surface area contributed by atoms with Crippen molar-refractivity contribution in [3.63, 3.8) is 0 Å². The van der Waals surface area contributed by atoms with Crippen molar-refractivity contribution in [3.8, 4) is 5.75 Å². The third-order valence-electron chi connectivity index (χ3n) is 5.50. The highest BCUT2D eigenvalue weighted by molar-refractivity contribution is 14.0. The Morgan fingerprint density at radius 2 is 2.07 bits per heavy atom. The second-order valence-corrected chi connectivity index (χ2v) is 7.34. The maximum atomic E-state index is 6.08. The zero-order valence-electron chi connectivity index (χ0n) is 16.4. The first-order valence-corrected chi connectivity index (χ1v) is 9.67. The first-order valence-electron chi connectivity index (χ1n) is 9.67. The first-order chi connectivity index (χ1) is 12.7. The van der Waals surface area contributed by atoms with Gasteiger partial charge in [-0.3, -0.25) is 9.89 Å². The van der Waals surface area contributed by atoms with Crippen LogP contribution in [0.3, 0.4) is 0 Å². The predicted molar refractivity (Wildman–Crippen MR) is 120 cm³/mol. The van der Waals surface area contributed by atoms with Crippen molar-refractivity contribution in [3.05, 3.63) is 29.8 Å². The summed E-state index contributed by atoms with van der Waals surface area (Å²) in [6.45, 7) is 3.47. The van der Waals surface area contributed by atoms with Crippen LogP contribution in [0.4, 0.5) is 0 Å². The number of aliphatic imine (C=N–C) groups is 1. The van der Waals surface area contributed by atoms with E-state index in [1.165, 1.54) is 18.4 Å². The van der Waals surface area contributed by atoms with E-state index in [0.717, 1.165) is 44.8 Å². The van der Waals surface area contributed by atoms with Crippen molar-refractivity contribution in [1.29, 1.82) is 0 Å². The molecule has 2 saturated heterocycles. The molecule has 1 aromatic carbocycles. The van der Waals surface area contributed by atoms with Crippen LogP contribution >= 0.6 is 24.0 Å². The highest BCUT2D eigenvalue weighted by atomic mass is 127. The summed E-state index contributed by atoms with van der Waals surface area (Å²) in [5, 5.41) is 3.22. The van der Waals surface area contributed by atoms with Crippen LogP contribution in [-0.4, -0.2) is 57.4 Å². The van der Waals surface area contributed by atoms with E-state index in [1.54, 1.807) is 7.11 Å². The summed E-state index contributed by atoms with van der Waals surface area (Å²) < 4.78 is 10.9. The lowest BCUT2D eigenvalue weighted by Crippen LogP contribution is -2.40. The van der Waals surface area contributed by atoms with Gasteiger partial charge >= 0.3 is 0 Å². The molecule has 7 heteroatoms. The number of hydrogen-bond donors (Lipinski definition) is 2. The number of nitrogens with one attached hydrogen (secondary N) is 1. The van der Waals surface area contributed by atoms with Crippen molar-refractivity contribution < 1.29 is 9.47 Å². The number of rotatable bonds is 6. The molecule has 27 heavy (non-hydrogen) atoms. The molecule has 2 aliphatic heterocycles. The Balaban J connectivity index is 0.00000261. The summed E-state index contributed by atoms with van der Waals surface area (Å²) >= 11 is 0. The minimum Gasteiger partial charge on any atom is -0.497 e. The molecule has 2 aliphatic rings. The molecule has 0 amide bonds. The molecule has 3 unspecified atom stereocenters. The van der Waals surface area contributed by atoms with Crippen LogP contribution in [0.5, 0.6) is 5.75 Å². The molecule has 3 rings (SSSR count). The molecule has 0 aliphatic carbocycles. The molecule has 2 heterocycles. The van der Waals surface area contributed by atoms with Gasteiger partial charge in [0.2, 0.25) is 0 Å². The molecule has 0 bridgehead atoms. The molecule has 152 valence electrons. The fraction of sp³-hybridized carbons (Fsp3) is 0.650. The summed E-state index contributed by atoms with van der Waals surface area (Å²) in [7, 11) is 3.90. The number of halogens is 1. The van der Waals surface area contributed by atoms with Gasteiger partial charge in [0.1, 0.15) is 5.75 Å². The third-order valence-corrected chi connectivity index (χ3v) is 5.50. The average molecular weight is 488 g/mol. The largest absolute Gasteiger partial charge is 0.497 e. The topological polar surface area (TPSA) is 72.1 Å². The van der Waals surface area contributed by atoms with Gasteiger partial charge in [0.15, 0.2) is 5.96 Å². The van der Waals surface area contributed by atoms with E-state index in [2.05, 4.69) is 34.4 Å². The Hall–Kier alpha value is -1.06. The van der Waals surface area contributed by atoms with Gasteiger partial charge in [0, 0.05) is 25.7 Å². The van der Waals surface area contributed by atoms with E-state index in [1.807, 2.05) is 12.1 Å². The third kappa shape index (κ3) is 6.22. The second-order valence-electron chi connectivity index (χ2n) is 7.34. The molecule has 0 aromatic heterocycles. The summed E-state index contributed by atoms with van der Waals surface area (Å²) in [6.07, 6.45) is 4.89. The lowest BCUT2D eigenvalue weighted by molar-refractivity contribution is 0.113. The van der Waals surface area contributed by atoms with E-state index >= 15 is 0 Å². The quantitative estimate of drug-likeness (QED) is 0.366. The summed E-state index contributed by atoms with van der Waals surface area (Å²) in [6, 6.07) is 8.78. The Bertz CT molecular complexity index is 590. The van der Waals surface area contributed by atoms with Gasteiger partial charge in [-0.15, -0.1) is 24.0 Å². The van der Waals surface area contributed by atoms with Crippen molar-refractivity contribution in [1.82, 2.24) is 10.2 Å². The Labute approximate surface area is 179 Å². The number of piperidine rings is 1. The lowest BCUT2D eigenvalue weighted by atomic mass is 9.85. The molecule has 6 nitrogen and oxygen atoms in total. The summed E-state index contributed by atoms with van der Waals surface area (Å²) in [5.74, 6) is 1.89. The van der Waals surface area contributed by atoms with Crippen LogP contribution in [-0.2, 0) is 4.74 Å². The Kier molecular flexibility index (Phi) is 9.11. The van der Waals surface area contributed by atoms with Crippen LogP contribution in [0.15, 0.2) is 29.3 Å². The zero-order valence-corrected chi connectivity index (χ0v) is 18.7. The van der Waals surface area contributed by atoms with Crippen LogP contribution in [0.25, 0.3) is 0 Å². The molecule has 3 atom stereocenters. The number of methoxy groups -OCH3 is 1. The number of guanidine groups is 1. The van der Waals surface area contributed by atoms with Gasteiger partial charge in [-0.05, 0) is 62.9 Å². The van der Waals surface area contributed by atoms with Gasteiger partial charge < -0.3 is 20.5 Å². The smallest absolute Gasteiger partial charge is 0.188 e. The molecule has 0 radical (unpaired) electrons. The molecular formula is C20H33IN4O2. The summed E-state index contributed by atoms with van der Waals surface area (Å²) in [4.78, 5) is 7.06. The highest BCUT2D eigenvalue weighted by Crippen LogP contribution is 2.35. The van der Waals surface area contributed by atoms with E-state index in [4.69, 9.17) is 15.2 Å². The standard InChI is InChI=1S/C20H32N4O2.HI/c1-24-11-3-5-16(19(24)15-7-9-17(25-2)10-8-15)13-22-20(21)23-14-18-6-4-12-26-18;/h7-10,16,18-19H,3-6,11-14H2,1-2H3,(H3,21,22,23);1H. The predicted octanol–water partition coefficient (Wildman–Crippen LogP) is 2.78. The number of hydrogen-bond acceptors (Lipinski definition) is 4. The molecule has 2 fully saturated rings. The van der Waals surface area contributed by atoms with Gasteiger partial charge in [-0.2, -0.15) is 0 Å². The van der Waals surface area contributed by atoms with Crippen molar-refractivity contribution in [2.45, 2.75) is 37.8 Å². The Morgan fingerprint density at radius 1 is 1.30 bits per heavy atom. The van der Waals surface area contributed by atoms with Crippen LogP contribution in [0, 0.1) is 5.92 Å². The monoisotopic (exact) mass is 488 g/mol. The zero-order chi connectivity index (χ0) is 18.4. The summed E-state index contributed by atoms with van der Waals surface area (Å²) in [5.41, 5.74) is 7.40. The number of benzene rings is 1. The number of ether oxygens (including phenoxy) is 2. The number of nitrogens with zero attached hydrogens (tertiary/aromatic N) is 2. The molecular weight excluding hydrogens is 455 g/mol. The van der Waals surface area contributed by atoms with E-state index < -0.39 is 0 Å². The second kappa shape index (κ2) is 11.1. The van der Waals surface area contributed by atoms with Crippen LogP contribution in [0.2, 0.25) is 0 Å². The van der Waals surface area contributed by atoms with Gasteiger partial charge in [-0.1, -0.05) is 12.1 Å². The van der Waals surface area contributed by atoms with Crippen molar-refractivity contribution in [2.24, 2.45) is 16.6 Å². The number of likely N-dealkylation sites (tertiary alicyclic amines) is 1. The minimum atomic E-state index is 0. The lowest BCUT2D eigenvalue weighted by Gasteiger charge is -2.39. The van der Waals surface area contributed by atoms with Crippen LogP contribution in [0.1, 0.15) is 37.3 Å². The first kappa shape index (κ1) is 22.2. The maximum absolute atomic E-state index is 6.08. The number of nitrogens with two attached hydrogens (primary N) is 1. The van der Waals surface area contributed by atoms with E-state index in [-0.39, 0.29) is 30.1 Å². The fourth-order valence-corrected chi connectivity index (χ4v) is 4.07. The highest BCUT2D eigenvalue weighted by Gasteiger charge is 2.30.